The fraction of sp³-hybridized carbons (Fsp3) is 0.238. The van der Waals surface area contributed by atoms with Crippen LogP contribution in [0.15, 0.2) is 48.5 Å². The van der Waals surface area contributed by atoms with Gasteiger partial charge in [-0.05, 0) is 35.6 Å². The minimum atomic E-state index is 0.112. The lowest BCUT2D eigenvalue weighted by atomic mass is 10.0. The minimum Gasteiger partial charge on any atom is -0.294 e. The van der Waals surface area contributed by atoms with Gasteiger partial charge in [-0.15, -0.1) is 0 Å². The zero-order valence-corrected chi connectivity index (χ0v) is 13.3. The summed E-state index contributed by atoms with van der Waals surface area (Å²) in [5, 5.41) is 0. The Morgan fingerprint density at radius 1 is 1.09 bits per heavy atom. The standard InChI is InChI=1S/C21H20O2/c1-2-15-6-10-18(11-7-15)20(22)5-3-4-16-8-9-17-12-13-21(23)19(17)14-16/h3-4,6-11,14H,2,5,12-13H2,1H3/b4-3+. The van der Waals surface area contributed by atoms with Crippen LogP contribution in [0.2, 0.25) is 0 Å². The SMILES string of the molecule is CCc1ccc(C(=O)C/C=C/c2ccc3c(c2)C(=O)CC3)cc1. The van der Waals surface area contributed by atoms with Gasteiger partial charge in [0.05, 0.1) is 0 Å². The van der Waals surface area contributed by atoms with Gasteiger partial charge in [0.15, 0.2) is 11.6 Å². The average Bonchev–Trinajstić information content (AvgIpc) is 2.96. The molecule has 116 valence electrons. The smallest absolute Gasteiger partial charge is 0.166 e. The summed E-state index contributed by atoms with van der Waals surface area (Å²) in [5.41, 5.74) is 4.94. The van der Waals surface area contributed by atoms with Crippen LogP contribution in [0.25, 0.3) is 6.08 Å². The molecule has 2 aromatic rings. The number of ketones is 2. The Hall–Kier alpha value is -2.48. The summed E-state index contributed by atoms with van der Waals surface area (Å²) in [7, 11) is 0. The average molecular weight is 304 g/mol. The molecule has 3 rings (SSSR count). The maximum atomic E-state index is 12.2. The van der Waals surface area contributed by atoms with Gasteiger partial charge < -0.3 is 0 Å². The molecule has 0 aromatic heterocycles. The quantitative estimate of drug-likeness (QED) is 0.753. The van der Waals surface area contributed by atoms with Gasteiger partial charge in [0.1, 0.15) is 0 Å². The van der Waals surface area contributed by atoms with Crippen LogP contribution in [0.4, 0.5) is 0 Å². The Balaban J connectivity index is 1.65. The first-order valence-electron chi connectivity index (χ1n) is 8.12. The van der Waals surface area contributed by atoms with Crippen molar-refractivity contribution in [2.45, 2.75) is 32.6 Å². The van der Waals surface area contributed by atoms with Crippen molar-refractivity contribution in [2.75, 3.05) is 0 Å². The van der Waals surface area contributed by atoms with Crippen molar-refractivity contribution < 1.29 is 9.59 Å². The zero-order chi connectivity index (χ0) is 16.2. The summed E-state index contributed by atoms with van der Waals surface area (Å²) in [4.78, 5) is 23.9. The van der Waals surface area contributed by atoms with Crippen molar-refractivity contribution in [1.29, 1.82) is 0 Å². The lowest BCUT2D eigenvalue weighted by molar-refractivity contribution is 0.0987. The molecule has 0 saturated heterocycles. The number of benzene rings is 2. The summed E-state index contributed by atoms with van der Waals surface area (Å²) in [6.07, 6.45) is 6.61. The van der Waals surface area contributed by atoms with Crippen molar-refractivity contribution in [3.05, 3.63) is 76.4 Å². The number of carbonyl (C=O) groups is 2. The highest BCUT2D eigenvalue weighted by atomic mass is 16.1. The molecule has 0 spiro atoms. The lowest BCUT2D eigenvalue weighted by Crippen LogP contribution is -1.97. The summed E-state index contributed by atoms with van der Waals surface area (Å²) in [6.45, 7) is 2.10. The Kier molecular flexibility index (Phi) is 4.52. The molecule has 0 radical (unpaired) electrons. The fourth-order valence-electron chi connectivity index (χ4n) is 2.90. The first-order valence-corrected chi connectivity index (χ1v) is 8.12. The predicted octanol–water partition coefficient (Wildman–Crippen LogP) is 4.66. The highest BCUT2D eigenvalue weighted by Crippen LogP contribution is 2.23. The highest BCUT2D eigenvalue weighted by molar-refractivity contribution is 6.01. The normalized spacial score (nSPS) is 13.5. The molecule has 0 N–H and O–H groups in total. The Labute approximate surface area is 136 Å². The van der Waals surface area contributed by atoms with Crippen LogP contribution in [0.3, 0.4) is 0 Å². The first kappa shape index (κ1) is 15.4. The molecule has 0 amide bonds. The van der Waals surface area contributed by atoms with Crippen LogP contribution < -0.4 is 0 Å². The zero-order valence-electron chi connectivity index (χ0n) is 13.3. The number of hydrogen-bond acceptors (Lipinski definition) is 2. The molecule has 0 bridgehead atoms. The van der Waals surface area contributed by atoms with Gasteiger partial charge in [-0.2, -0.15) is 0 Å². The van der Waals surface area contributed by atoms with Gasteiger partial charge in [0.25, 0.3) is 0 Å². The molecule has 1 aliphatic rings. The number of Topliss-reactive ketones (excluding diaryl/α,β-unsaturated/α-hetero) is 2. The number of allylic oxidation sites excluding steroid dienone is 1. The van der Waals surface area contributed by atoms with Crippen molar-refractivity contribution in [2.24, 2.45) is 0 Å². The van der Waals surface area contributed by atoms with Crippen LogP contribution in [0.1, 0.15) is 57.2 Å². The van der Waals surface area contributed by atoms with E-state index in [9.17, 15) is 9.59 Å². The molecular weight excluding hydrogens is 284 g/mol. The number of hydrogen-bond donors (Lipinski definition) is 0. The second kappa shape index (κ2) is 6.74. The lowest BCUT2D eigenvalue weighted by Gasteiger charge is -2.01. The van der Waals surface area contributed by atoms with E-state index in [1.165, 1.54) is 5.56 Å². The Morgan fingerprint density at radius 2 is 1.87 bits per heavy atom. The topological polar surface area (TPSA) is 34.1 Å². The molecule has 1 aliphatic carbocycles. The van der Waals surface area contributed by atoms with E-state index >= 15 is 0 Å². The van der Waals surface area contributed by atoms with E-state index in [4.69, 9.17) is 0 Å². The monoisotopic (exact) mass is 304 g/mol. The summed E-state index contributed by atoms with van der Waals surface area (Å²) in [6, 6.07) is 13.7. The van der Waals surface area contributed by atoms with Crippen molar-refractivity contribution in [3.8, 4) is 0 Å². The van der Waals surface area contributed by atoms with Gasteiger partial charge in [0, 0.05) is 24.0 Å². The summed E-state index contributed by atoms with van der Waals surface area (Å²) >= 11 is 0. The van der Waals surface area contributed by atoms with Crippen LogP contribution in [0, 0.1) is 0 Å². The predicted molar refractivity (Wildman–Crippen MR) is 92.9 cm³/mol. The molecule has 0 fully saturated rings. The summed E-state index contributed by atoms with van der Waals surface area (Å²) < 4.78 is 0. The minimum absolute atomic E-state index is 0.112. The Morgan fingerprint density at radius 3 is 2.61 bits per heavy atom. The van der Waals surface area contributed by atoms with E-state index in [0.717, 1.165) is 35.1 Å². The molecule has 0 saturated carbocycles. The highest BCUT2D eigenvalue weighted by Gasteiger charge is 2.18. The van der Waals surface area contributed by atoms with E-state index < -0.39 is 0 Å². The molecule has 0 aliphatic heterocycles. The van der Waals surface area contributed by atoms with E-state index in [-0.39, 0.29) is 11.6 Å². The van der Waals surface area contributed by atoms with Gasteiger partial charge in [-0.25, -0.2) is 0 Å². The van der Waals surface area contributed by atoms with Gasteiger partial charge >= 0.3 is 0 Å². The van der Waals surface area contributed by atoms with Crippen molar-refractivity contribution in [3.63, 3.8) is 0 Å². The van der Waals surface area contributed by atoms with Gasteiger partial charge in [-0.1, -0.05) is 55.5 Å². The van der Waals surface area contributed by atoms with E-state index in [2.05, 4.69) is 6.92 Å². The van der Waals surface area contributed by atoms with Gasteiger partial charge in [-0.3, -0.25) is 9.59 Å². The number of aryl methyl sites for hydroxylation is 2. The van der Waals surface area contributed by atoms with E-state index in [1.54, 1.807) is 0 Å². The largest absolute Gasteiger partial charge is 0.294 e. The number of fused-ring (bicyclic) bond motifs is 1. The van der Waals surface area contributed by atoms with E-state index in [0.29, 0.717) is 12.8 Å². The third-order valence-electron chi connectivity index (χ3n) is 4.35. The maximum absolute atomic E-state index is 12.2. The molecule has 2 nitrogen and oxygen atoms in total. The van der Waals surface area contributed by atoms with Crippen molar-refractivity contribution >= 4 is 17.6 Å². The number of rotatable bonds is 5. The molecule has 23 heavy (non-hydrogen) atoms. The van der Waals surface area contributed by atoms with Crippen LogP contribution in [-0.4, -0.2) is 11.6 Å². The molecule has 0 atom stereocenters. The molecule has 2 aromatic carbocycles. The molecule has 2 heteroatoms. The van der Waals surface area contributed by atoms with E-state index in [1.807, 2.05) is 54.6 Å². The van der Waals surface area contributed by atoms with Gasteiger partial charge in [0.2, 0.25) is 0 Å². The molecular formula is C21H20O2. The van der Waals surface area contributed by atoms with Crippen molar-refractivity contribution in [1.82, 2.24) is 0 Å². The maximum Gasteiger partial charge on any atom is 0.166 e. The van der Waals surface area contributed by atoms with Crippen LogP contribution in [-0.2, 0) is 12.8 Å². The Bertz CT molecular complexity index is 767. The second-order valence-corrected chi connectivity index (χ2v) is 5.92. The van der Waals surface area contributed by atoms with Crippen LogP contribution >= 0.6 is 0 Å². The summed E-state index contributed by atoms with van der Waals surface area (Å²) in [5.74, 6) is 0.337. The second-order valence-electron chi connectivity index (χ2n) is 5.92. The molecule has 0 unspecified atom stereocenters. The third kappa shape index (κ3) is 3.48. The first-order chi connectivity index (χ1) is 11.2. The fourth-order valence-corrected chi connectivity index (χ4v) is 2.90. The molecule has 0 heterocycles. The third-order valence-corrected chi connectivity index (χ3v) is 4.35. The van der Waals surface area contributed by atoms with Crippen LogP contribution in [0.5, 0.6) is 0 Å². The number of carbonyl (C=O) groups excluding carboxylic acids is 2.